The van der Waals surface area contributed by atoms with Crippen LogP contribution in [0.1, 0.15) is 18.2 Å². The van der Waals surface area contributed by atoms with E-state index in [1.54, 1.807) is 18.2 Å². The number of benzene rings is 1. The third-order valence-corrected chi connectivity index (χ3v) is 3.94. The zero-order valence-electron chi connectivity index (χ0n) is 13.9. The SMILES string of the molecule is CCOC(=O)/C=C(\Nc1ccc2c(C)c(C)n(C)c2c1)C(F)(F)F. The normalized spacial score (nSPS) is 12.5. The molecule has 130 valence electrons. The summed E-state index contributed by atoms with van der Waals surface area (Å²) in [6.07, 6.45) is -4.27. The van der Waals surface area contributed by atoms with E-state index < -0.39 is 17.8 Å². The quantitative estimate of drug-likeness (QED) is 0.669. The van der Waals surface area contributed by atoms with E-state index in [0.29, 0.717) is 6.08 Å². The largest absolute Gasteiger partial charge is 0.463 e. The van der Waals surface area contributed by atoms with E-state index in [9.17, 15) is 18.0 Å². The fourth-order valence-electron chi connectivity index (χ4n) is 2.48. The van der Waals surface area contributed by atoms with Gasteiger partial charge in [-0.15, -0.1) is 0 Å². The maximum Gasteiger partial charge on any atom is 0.431 e. The highest BCUT2D eigenvalue weighted by atomic mass is 19.4. The third-order valence-electron chi connectivity index (χ3n) is 3.94. The summed E-state index contributed by atoms with van der Waals surface area (Å²) in [5.74, 6) is -1.04. The minimum absolute atomic E-state index is 0.00827. The standard InChI is InChI=1S/C17H19F3N2O2/c1-5-24-16(23)9-15(17(18,19)20)21-12-6-7-13-10(2)11(3)22(4)14(13)8-12/h6-9,21H,5H2,1-4H3/b15-9-. The number of aromatic nitrogens is 1. The molecule has 24 heavy (non-hydrogen) atoms. The highest BCUT2D eigenvalue weighted by Gasteiger charge is 2.35. The Hall–Kier alpha value is -2.44. The van der Waals surface area contributed by atoms with Crippen molar-refractivity contribution in [1.29, 1.82) is 0 Å². The Bertz CT molecular complexity index is 804. The Balaban J connectivity index is 2.41. The molecule has 0 radical (unpaired) electrons. The second-order valence-corrected chi connectivity index (χ2v) is 5.43. The van der Waals surface area contributed by atoms with Gasteiger partial charge < -0.3 is 14.6 Å². The van der Waals surface area contributed by atoms with Crippen LogP contribution in [0.2, 0.25) is 0 Å². The van der Waals surface area contributed by atoms with E-state index in [-0.39, 0.29) is 12.3 Å². The van der Waals surface area contributed by atoms with Gasteiger partial charge >= 0.3 is 12.1 Å². The molecule has 0 aliphatic heterocycles. The molecule has 0 bridgehead atoms. The van der Waals surface area contributed by atoms with E-state index in [2.05, 4.69) is 10.1 Å². The van der Waals surface area contributed by atoms with Crippen molar-refractivity contribution in [2.75, 3.05) is 11.9 Å². The predicted octanol–water partition coefficient (Wildman–Crippen LogP) is 4.22. The van der Waals surface area contributed by atoms with Crippen molar-refractivity contribution >= 4 is 22.6 Å². The summed E-state index contributed by atoms with van der Waals surface area (Å²) in [5, 5.41) is 3.25. The molecule has 4 nitrogen and oxygen atoms in total. The average Bonchev–Trinajstić information content (AvgIpc) is 2.71. The van der Waals surface area contributed by atoms with Crippen LogP contribution in [0.3, 0.4) is 0 Å². The number of ether oxygens (including phenoxy) is 1. The van der Waals surface area contributed by atoms with Gasteiger partial charge in [-0.1, -0.05) is 6.07 Å². The number of rotatable bonds is 4. The Kier molecular flexibility index (Phi) is 4.91. The molecule has 0 fully saturated rings. The van der Waals surface area contributed by atoms with E-state index in [0.717, 1.165) is 22.2 Å². The molecule has 1 heterocycles. The molecule has 0 aliphatic carbocycles. The molecular formula is C17H19F3N2O2. The van der Waals surface area contributed by atoms with Crippen LogP contribution < -0.4 is 5.32 Å². The molecule has 0 amide bonds. The zero-order valence-corrected chi connectivity index (χ0v) is 13.9. The van der Waals surface area contributed by atoms with Crippen molar-refractivity contribution < 1.29 is 22.7 Å². The van der Waals surface area contributed by atoms with Gasteiger partial charge in [-0.05, 0) is 38.5 Å². The van der Waals surface area contributed by atoms with Gasteiger partial charge in [0.15, 0.2) is 0 Å². The van der Waals surface area contributed by atoms with Crippen molar-refractivity contribution in [1.82, 2.24) is 4.57 Å². The number of allylic oxidation sites excluding steroid dienone is 1. The number of carbonyl (C=O) groups is 1. The number of nitrogens with zero attached hydrogens (tertiary/aromatic N) is 1. The molecule has 1 aromatic carbocycles. The summed E-state index contributed by atoms with van der Waals surface area (Å²) in [6, 6.07) is 4.94. The predicted molar refractivity (Wildman–Crippen MR) is 86.8 cm³/mol. The minimum atomic E-state index is -4.69. The smallest absolute Gasteiger partial charge is 0.431 e. The maximum atomic E-state index is 13.1. The second-order valence-electron chi connectivity index (χ2n) is 5.43. The van der Waals surface area contributed by atoms with Crippen LogP contribution in [0.5, 0.6) is 0 Å². The van der Waals surface area contributed by atoms with Crippen molar-refractivity contribution in [2.45, 2.75) is 26.9 Å². The van der Waals surface area contributed by atoms with Crippen LogP contribution in [0.25, 0.3) is 10.9 Å². The van der Waals surface area contributed by atoms with Gasteiger partial charge in [0.05, 0.1) is 18.2 Å². The lowest BCUT2D eigenvalue weighted by Crippen LogP contribution is -2.21. The monoisotopic (exact) mass is 340 g/mol. The number of nitrogens with one attached hydrogen (secondary N) is 1. The Morgan fingerprint density at radius 1 is 1.33 bits per heavy atom. The molecule has 0 unspecified atom stereocenters. The first-order chi connectivity index (χ1) is 11.1. The first-order valence-corrected chi connectivity index (χ1v) is 7.43. The highest BCUT2D eigenvalue weighted by Crippen LogP contribution is 2.30. The Labute approximate surface area is 137 Å². The molecule has 0 atom stereocenters. The minimum Gasteiger partial charge on any atom is -0.463 e. The summed E-state index contributed by atoms with van der Waals surface area (Å²) >= 11 is 0. The number of alkyl halides is 3. The number of carbonyl (C=O) groups excluding carboxylic acids is 1. The first-order valence-electron chi connectivity index (χ1n) is 7.43. The van der Waals surface area contributed by atoms with Crippen LogP contribution in [0.4, 0.5) is 18.9 Å². The molecule has 2 aromatic rings. The van der Waals surface area contributed by atoms with Gasteiger partial charge in [-0.2, -0.15) is 13.2 Å². The lowest BCUT2D eigenvalue weighted by Gasteiger charge is -2.14. The number of anilines is 1. The second kappa shape index (κ2) is 6.59. The van der Waals surface area contributed by atoms with E-state index >= 15 is 0 Å². The summed E-state index contributed by atoms with van der Waals surface area (Å²) in [5.41, 5.74) is 2.02. The third kappa shape index (κ3) is 3.55. The van der Waals surface area contributed by atoms with Gasteiger partial charge in [0.25, 0.3) is 0 Å². The van der Waals surface area contributed by atoms with E-state index in [4.69, 9.17) is 0 Å². The summed E-state index contributed by atoms with van der Waals surface area (Å²) in [4.78, 5) is 11.4. The highest BCUT2D eigenvalue weighted by molar-refractivity contribution is 5.89. The van der Waals surface area contributed by atoms with Crippen LogP contribution in [-0.2, 0) is 16.6 Å². The molecule has 0 saturated heterocycles. The number of esters is 1. The van der Waals surface area contributed by atoms with Gasteiger partial charge in [-0.3, -0.25) is 0 Å². The van der Waals surface area contributed by atoms with Gasteiger partial charge in [-0.25, -0.2) is 4.79 Å². The van der Waals surface area contributed by atoms with Crippen LogP contribution in [0.15, 0.2) is 30.0 Å². The van der Waals surface area contributed by atoms with E-state index in [1.807, 2.05) is 25.5 Å². The first kappa shape index (κ1) is 17.9. The fraction of sp³-hybridized carbons (Fsp3) is 0.353. The Morgan fingerprint density at radius 3 is 2.58 bits per heavy atom. The summed E-state index contributed by atoms with van der Waals surface area (Å²) < 4.78 is 45.8. The zero-order chi connectivity index (χ0) is 18.1. The van der Waals surface area contributed by atoms with Gasteiger partial charge in [0, 0.05) is 23.8 Å². The van der Waals surface area contributed by atoms with Crippen LogP contribution in [-0.4, -0.2) is 23.3 Å². The Morgan fingerprint density at radius 2 is 2.00 bits per heavy atom. The molecule has 0 spiro atoms. The molecule has 0 aliphatic rings. The topological polar surface area (TPSA) is 43.3 Å². The van der Waals surface area contributed by atoms with Gasteiger partial charge in [0.1, 0.15) is 5.70 Å². The maximum absolute atomic E-state index is 13.1. The van der Waals surface area contributed by atoms with Gasteiger partial charge in [0.2, 0.25) is 0 Å². The number of hydrogen-bond acceptors (Lipinski definition) is 3. The van der Waals surface area contributed by atoms with Crippen LogP contribution >= 0.6 is 0 Å². The van der Waals surface area contributed by atoms with E-state index in [1.165, 1.54) is 6.92 Å². The lowest BCUT2D eigenvalue weighted by molar-refractivity contribution is -0.138. The molecule has 1 aromatic heterocycles. The summed E-state index contributed by atoms with van der Waals surface area (Å²) in [6.45, 7) is 5.45. The molecule has 2 rings (SSSR count). The lowest BCUT2D eigenvalue weighted by atomic mass is 10.1. The molecular weight excluding hydrogens is 321 g/mol. The molecule has 7 heteroatoms. The number of aryl methyl sites for hydroxylation is 2. The molecule has 1 N–H and O–H groups in total. The number of halogens is 3. The number of fused-ring (bicyclic) bond motifs is 1. The van der Waals surface area contributed by atoms with Crippen molar-refractivity contribution in [2.24, 2.45) is 7.05 Å². The molecule has 0 saturated carbocycles. The van der Waals surface area contributed by atoms with Crippen molar-refractivity contribution in [3.05, 3.63) is 41.2 Å². The van der Waals surface area contributed by atoms with Crippen LogP contribution in [0, 0.1) is 13.8 Å². The van der Waals surface area contributed by atoms with Crippen molar-refractivity contribution in [3.8, 4) is 0 Å². The number of hydrogen-bond donors (Lipinski definition) is 1. The van der Waals surface area contributed by atoms with Crippen molar-refractivity contribution in [3.63, 3.8) is 0 Å². The fourth-order valence-corrected chi connectivity index (χ4v) is 2.48. The summed E-state index contributed by atoms with van der Waals surface area (Å²) in [7, 11) is 1.85. The average molecular weight is 340 g/mol.